The third-order valence-corrected chi connectivity index (χ3v) is 3.20. The summed E-state index contributed by atoms with van der Waals surface area (Å²) >= 11 is 0. The van der Waals surface area contributed by atoms with Gasteiger partial charge in [0, 0.05) is 19.1 Å². The van der Waals surface area contributed by atoms with E-state index in [0.29, 0.717) is 19.1 Å². The van der Waals surface area contributed by atoms with Crippen molar-refractivity contribution in [3.8, 4) is 0 Å². The standard InChI is InChI=1S/C12H24N2O2/c1-4-16-12(15)7-9-14(3)11-6-5-8-13(2)10-11/h11H,4-10H2,1-3H3. The molecule has 0 aromatic carbocycles. The second kappa shape index (κ2) is 6.86. The average molecular weight is 228 g/mol. The Kier molecular flexibility index (Phi) is 5.77. The largest absolute Gasteiger partial charge is 0.466 e. The Labute approximate surface area is 98.5 Å². The molecule has 0 aliphatic carbocycles. The molecule has 1 unspecified atom stereocenters. The number of rotatable bonds is 5. The van der Waals surface area contributed by atoms with Crippen LogP contribution in [0.2, 0.25) is 0 Å². The van der Waals surface area contributed by atoms with E-state index in [9.17, 15) is 4.79 Å². The number of nitrogens with zero attached hydrogens (tertiary/aromatic N) is 2. The predicted octanol–water partition coefficient (Wildman–Crippen LogP) is 0.966. The first-order valence-electron chi connectivity index (χ1n) is 6.18. The fraction of sp³-hybridized carbons (Fsp3) is 0.917. The SMILES string of the molecule is CCOC(=O)CCN(C)C1CCCN(C)C1. The van der Waals surface area contributed by atoms with E-state index in [2.05, 4.69) is 23.9 Å². The van der Waals surface area contributed by atoms with Crippen LogP contribution in [0.5, 0.6) is 0 Å². The zero-order valence-corrected chi connectivity index (χ0v) is 10.7. The number of carbonyl (C=O) groups excluding carboxylic acids is 1. The number of hydrogen-bond donors (Lipinski definition) is 0. The van der Waals surface area contributed by atoms with Crippen LogP contribution in [-0.4, -0.2) is 62.1 Å². The summed E-state index contributed by atoms with van der Waals surface area (Å²) in [5.41, 5.74) is 0. The van der Waals surface area contributed by atoms with Gasteiger partial charge >= 0.3 is 5.97 Å². The summed E-state index contributed by atoms with van der Waals surface area (Å²) in [5.74, 6) is -0.0847. The van der Waals surface area contributed by atoms with Crippen molar-refractivity contribution in [2.24, 2.45) is 0 Å². The van der Waals surface area contributed by atoms with Crippen LogP contribution in [0.4, 0.5) is 0 Å². The zero-order valence-electron chi connectivity index (χ0n) is 10.7. The minimum absolute atomic E-state index is 0.0847. The van der Waals surface area contributed by atoms with Crippen molar-refractivity contribution in [2.75, 3.05) is 40.3 Å². The Hall–Kier alpha value is -0.610. The van der Waals surface area contributed by atoms with Crippen LogP contribution in [0.15, 0.2) is 0 Å². The van der Waals surface area contributed by atoms with Gasteiger partial charge in [0.1, 0.15) is 0 Å². The molecule has 1 aliphatic rings. The van der Waals surface area contributed by atoms with Gasteiger partial charge in [-0.1, -0.05) is 0 Å². The highest BCUT2D eigenvalue weighted by Gasteiger charge is 2.21. The zero-order chi connectivity index (χ0) is 12.0. The van der Waals surface area contributed by atoms with Gasteiger partial charge < -0.3 is 14.5 Å². The van der Waals surface area contributed by atoms with E-state index in [0.717, 1.165) is 13.1 Å². The first-order chi connectivity index (χ1) is 7.63. The second-order valence-electron chi connectivity index (χ2n) is 4.59. The third kappa shape index (κ3) is 4.49. The Morgan fingerprint density at radius 1 is 1.56 bits per heavy atom. The quantitative estimate of drug-likeness (QED) is 0.656. The fourth-order valence-electron chi connectivity index (χ4n) is 2.18. The number of ether oxygens (including phenoxy) is 1. The monoisotopic (exact) mass is 228 g/mol. The normalized spacial score (nSPS) is 22.4. The van der Waals surface area contributed by atoms with Crippen molar-refractivity contribution in [3.63, 3.8) is 0 Å². The summed E-state index contributed by atoms with van der Waals surface area (Å²) in [6.07, 6.45) is 3.00. The van der Waals surface area contributed by atoms with Crippen molar-refractivity contribution >= 4 is 5.97 Å². The van der Waals surface area contributed by atoms with Crippen LogP contribution >= 0.6 is 0 Å². The van der Waals surface area contributed by atoms with Gasteiger partial charge in [0.05, 0.1) is 13.0 Å². The van der Waals surface area contributed by atoms with Crippen LogP contribution in [0, 0.1) is 0 Å². The molecule has 4 heteroatoms. The molecule has 1 rings (SSSR count). The highest BCUT2D eigenvalue weighted by atomic mass is 16.5. The fourth-order valence-corrected chi connectivity index (χ4v) is 2.18. The van der Waals surface area contributed by atoms with Gasteiger partial charge in [-0.3, -0.25) is 4.79 Å². The molecule has 0 amide bonds. The molecule has 1 heterocycles. The molecule has 4 nitrogen and oxygen atoms in total. The molecular formula is C12H24N2O2. The van der Waals surface area contributed by atoms with E-state index in [1.807, 2.05) is 6.92 Å². The minimum atomic E-state index is -0.0847. The molecule has 0 N–H and O–H groups in total. The van der Waals surface area contributed by atoms with Crippen molar-refractivity contribution in [3.05, 3.63) is 0 Å². The number of carbonyl (C=O) groups is 1. The molecule has 1 aliphatic heterocycles. The maximum absolute atomic E-state index is 11.2. The van der Waals surface area contributed by atoms with E-state index in [-0.39, 0.29) is 5.97 Å². The van der Waals surface area contributed by atoms with E-state index in [4.69, 9.17) is 4.74 Å². The molecule has 0 spiro atoms. The number of hydrogen-bond acceptors (Lipinski definition) is 4. The molecule has 0 radical (unpaired) electrons. The van der Waals surface area contributed by atoms with Gasteiger partial charge in [0.15, 0.2) is 0 Å². The second-order valence-corrected chi connectivity index (χ2v) is 4.59. The lowest BCUT2D eigenvalue weighted by atomic mass is 10.1. The lowest BCUT2D eigenvalue weighted by Gasteiger charge is -2.35. The Morgan fingerprint density at radius 3 is 2.94 bits per heavy atom. The van der Waals surface area contributed by atoms with Gasteiger partial charge in [-0.25, -0.2) is 0 Å². The average Bonchev–Trinajstić information content (AvgIpc) is 2.26. The molecule has 0 bridgehead atoms. The van der Waals surface area contributed by atoms with Gasteiger partial charge in [0.2, 0.25) is 0 Å². The van der Waals surface area contributed by atoms with Crippen LogP contribution in [0.1, 0.15) is 26.2 Å². The van der Waals surface area contributed by atoms with Crippen LogP contribution < -0.4 is 0 Å². The van der Waals surface area contributed by atoms with E-state index in [1.165, 1.54) is 19.4 Å². The molecule has 0 saturated carbocycles. The maximum Gasteiger partial charge on any atom is 0.307 e. The molecule has 0 aromatic rings. The van der Waals surface area contributed by atoms with Crippen LogP contribution in [0.3, 0.4) is 0 Å². The smallest absolute Gasteiger partial charge is 0.307 e. The van der Waals surface area contributed by atoms with E-state index < -0.39 is 0 Å². The summed E-state index contributed by atoms with van der Waals surface area (Å²) < 4.78 is 4.92. The van der Waals surface area contributed by atoms with Crippen molar-refractivity contribution in [2.45, 2.75) is 32.2 Å². The summed E-state index contributed by atoms with van der Waals surface area (Å²) in [7, 11) is 4.26. The van der Waals surface area contributed by atoms with Gasteiger partial charge in [0.25, 0.3) is 0 Å². The molecule has 94 valence electrons. The number of piperidine rings is 1. The molecule has 16 heavy (non-hydrogen) atoms. The molecule has 1 saturated heterocycles. The summed E-state index contributed by atoms with van der Waals surface area (Å²) in [6, 6.07) is 0.591. The first kappa shape index (κ1) is 13.5. The number of likely N-dealkylation sites (N-methyl/N-ethyl adjacent to an activating group) is 2. The van der Waals surface area contributed by atoms with Crippen molar-refractivity contribution in [1.82, 2.24) is 9.80 Å². The molecule has 0 aromatic heterocycles. The molecular weight excluding hydrogens is 204 g/mol. The lowest BCUT2D eigenvalue weighted by Crippen LogP contribution is -2.45. The predicted molar refractivity (Wildman–Crippen MR) is 64.4 cm³/mol. The Morgan fingerprint density at radius 2 is 2.31 bits per heavy atom. The lowest BCUT2D eigenvalue weighted by molar-refractivity contribution is -0.143. The molecule has 1 atom stereocenters. The Balaban J connectivity index is 2.23. The van der Waals surface area contributed by atoms with Crippen molar-refractivity contribution in [1.29, 1.82) is 0 Å². The minimum Gasteiger partial charge on any atom is -0.466 e. The number of likely N-dealkylation sites (tertiary alicyclic amines) is 1. The highest BCUT2D eigenvalue weighted by Crippen LogP contribution is 2.13. The van der Waals surface area contributed by atoms with Crippen LogP contribution in [-0.2, 0) is 9.53 Å². The van der Waals surface area contributed by atoms with Gasteiger partial charge in [-0.2, -0.15) is 0 Å². The maximum atomic E-state index is 11.2. The highest BCUT2D eigenvalue weighted by molar-refractivity contribution is 5.69. The molecule has 1 fully saturated rings. The topological polar surface area (TPSA) is 32.8 Å². The summed E-state index contributed by atoms with van der Waals surface area (Å²) in [6.45, 7) is 5.44. The van der Waals surface area contributed by atoms with E-state index in [1.54, 1.807) is 0 Å². The van der Waals surface area contributed by atoms with Crippen molar-refractivity contribution < 1.29 is 9.53 Å². The summed E-state index contributed by atoms with van der Waals surface area (Å²) in [5, 5.41) is 0. The van der Waals surface area contributed by atoms with Gasteiger partial charge in [-0.15, -0.1) is 0 Å². The summed E-state index contributed by atoms with van der Waals surface area (Å²) in [4.78, 5) is 15.9. The Bertz CT molecular complexity index is 221. The number of esters is 1. The van der Waals surface area contributed by atoms with E-state index >= 15 is 0 Å². The van der Waals surface area contributed by atoms with Gasteiger partial charge in [-0.05, 0) is 40.4 Å². The first-order valence-corrected chi connectivity index (χ1v) is 6.18. The van der Waals surface area contributed by atoms with Crippen LogP contribution in [0.25, 0.3) is 0 Å². The third-order valence-electron chi connectivity index (χ3n) is 3.20.